The van der Waals surface area contributed by atoms with Crippen molar-refractivity contribution in [3.63, 3.8) is 0 Å². The van der Waals surface area contributed by atoms with Crippen molar-refractivity contribution in [1.82, 2.24) is 10.3 Å². The number of aromatic nitrogens is 1. The van der Waals surface area contributed by atoms with Gasteiger partial charge in [0, 0.05) is 24.3 Å². The van der Waals surface area contributed by atoms with Crippen LogP contribution in [0.3, 0.4) is 0 Å². The van der Waals surface area contributed by atoms with Crippen LogP contribution in [0.25, 0.3) is 0 Å². The summed E-state index contributed by atoms with van der Waals surface area (Å²) in [5.74, 6) is 0. The molecule has 3 heteroatoms. The monoisotopic (exact) mass is 210 g/mol. The molecule has 2 nitrogen and oxygen atoms in total. The average molecular weight is 211 g/mol. The van der Waals surface area contributed by atoms with Gasteiger partial charge in [0.15, 0.2) is 0 Å². The van der Waals surface area contributed by atoms with E-state index in [1.807, 2.05) is 12.3 Å². The minimum absolute atomic E-state index is 0.624. The van der Waals surface area contributed by atoms with Crippen LogP contribution in [0, 0.1) is 0 Å². The van der Waals surface area contributed by atoms with Crippen LogP contribution in [0.1, 0.15) is 18.2 Å². The standard InChI is InChI=1S/C11H15ClN2/c1-3-10-5-4-6-14-11(10)8-13-7-9(2)12/h4-6,13H,2-3,7-8H2,1H3. The third kappa shape index (κ3) is 3.48. The summed E-state index contributed by atoms with van der Waals surface area (Å²) in [5, 5.41) is 3.81. The zero-order chi connectivity index (χ0) is 10.4. The van der Waals surface area contributed by atoms with Gasteiger partial charge in [-0.1, -0.05) is 31.2 Å². The van der Waals surface area contributed by atoms with Crippen LogP contribution >= 0.6 is 11.6 Å². The second-order valence-electron chi connectivity index (χ2n) is 3.08. The minimum atomic E-state index is 0.624. The first kappa shape index (κ1) is 11.2. The summed E-state index contributed by atoms with van der Waals surface area (Å²) in [6.45, 7) is 7.11. The third-order valence-electron chi connectivity index (χ3n) is 1.97. The van der Waals surface area contributed by atoms with E-state index in [-0.39, 0.29) is 0 Å². The molecule has 1 aromatic heterocycles. The molecule has 0 fully saturated rings. The van der Waals surface area contributed by atoms with Crippen LogP contribution in [0.4, 0.5) is 0 Å². The Morgan fingerprint density at radius 1 is 1.64 bits per heavy atom. The Kier molecular flexibility index (Phi) is 4.63. The summed E-state index contributed by atoms with van der Waals surface area (Å²) in [4.78, 5) is 4.31. The highest BCUT2D eigenvalue weighted by Crippen LogP contribution is 2.05. The van der Waals surface area contributed by atoms with Gasteiger partial charge in [-0.15, -0.1) is 0 Å². The summed E-state index contributed by atoms with van der Waals surface area (Å²) >= 11 is 5.64. The maximum absolute atomic E-state index is 5.64. The molecule has 14 heavy (non-hydrogen) atoms. The topological polar surface area (TPSA) is 24.9 Å². The van der Waals surface area contributed by atoms with Gasteiger partial charge in [-0.25, -0.2) is 0 Å². The molecule has 0 aliphatic carbocycles. The zero-order valence-corrected chi connectivity index (χ0v) is 9.14. The highest BCUT2D eigenvalue weighted by molar-refractivity contribution is 6.29. The second-order valence-corrected chi connectivity index (χ2v) is 3.62. The number of rotatable bonds is 5. The minimum Gasteiger partial charge on any atom is -0.306 e. The fourth-order valence-corrected chi connectivity index (χ4v) is 1.36. The smallest absolute Gasteiger partial charge is 0.0573 e. The van der Waals surface area contributed by atoms with Crippen molar-refractivity contribution in [3.05, 3.63) is 41.2 Å². The van der Waals surface area contributed by atoms with Crippen LogP contribution in [0.15, 0.2) is 29.9 Å². The Hall–Kier alpha value is -0.860. The molecule has 0 aromatic carbocycles. The van der Waals surface area contributed by atoms with Gasteiger partial charge in [0.05, 0.1) is 5.69 Å². The third-order valence-corrected chi connectivity index (χ3v) is 2.11. The van der Waals surface area contributed by atoms with Crippen molar-refractivity contribution in [1.29, 1.82) is 0 Å². The number of nitrogens with one attached hydrogen (secondary N) is 1. The first-order chi connectivity index (χ1) is 6.74. The van der Waals surface area contributed by atoms with E-state index >= 15 is 0 Å². The lowest BCUT2D eigenvalue weighted by atomic mass is 10.1. The van der Waals surface area contributed by atoms with Gasteiger partial charge in [0.25, 0.3) is 0 Å². The number of halogens is 1. The van der Waals surface area contributed by atoms with Gasteiger partial charge in [-0.05, 0) is 18.1 Å². The van der Waals surface area contributed by atoms with Crippen molar-refractivity contribution in [3.8, 4) is 0 Å². The van der Waals surface area contributed by atoms with Crippen LogP contribution < -0.4 is 5.32 Å². The summed E-state index contributed by atoms with van der Waals surface area (Å²) in [5.41, 5.74) is 2.37. The molecule has 0 atom stereocenters. The van der Waals surface area contributed by atoms with E-state index < -0.39 is 0 Å². The van der Waals surface area contributed by atoms with Crippen molar-refractivity contribution in [2.75, 3.05) is 6.54 Å². The molecule has 0 spiro atoms. The van der Waals surface area contributed by atoms with Gasteiger partial charge in [0.2, 0.25) is 0 Å². The first-order valence-electron chi connectivity index (χ1n) is 4.70. The molecule has 0 bridgehead atoms. The molecule has 0 aliphatic heterocycles. The molecule has 1 heterocycles. The Morgan fingerprint density at radius 2 is 2.43 bits per heavy atom. The number of hydrogen-bond acceptors (Lipinski definition) is 2. The predicted molar refractivity (Wildman–Crippen MR) is 60.3 cm³/mol. The van der Waals surface area contributed by atoms with E-state index in [4.69, 9.17) is 11.6 Å². The first-order valence-corrected chi connectivity index (χ1v) is 5.08. The normalized spacial score (nSPS) is 10.1. The summed E-state index contributed by atoms with van der Waals surface area (Å²) in [6, 6.07) is 4.06. The van der Waals surface area contributed by atoms with Gasteiger partial charge in [-0.2, -0.15) is 0 Å². The van der Waals surface area contributed by atoms with E-state index in [1.54, 1.807) is 0 Å². The molecule has 1 aromatic rings. The number of aryl methyl sites for hydroxylation is 1. The Labute approximate surface area is 90.0 Å². The van der Waals surface area contributed by atoms with Crippen LogP contribution in [0.5, 0.6) is 0 Å². The molecular formula is C11H15ClN2. The lowest BCUT2D eigenvalue weighted by Crippen LogP contribution is -2.16. The number of hydrogen-bond donors (Lipinski definition) is 1. The van der Waals surface area contributed by atoms with E-state index in [1.165, 1.54) is 5.56 Å². The van der Waals surface area contributed by atoms with Crippen LogP contribution in [-0.2, 0) is 13.0 Å². The lowest BCUT2D eigenvalue weighted by molar-refractivity contribution is 0.726. The van der Waals surface area contributed by atoms with E-state index in [0.29, 0.717) is 11.6 Å². The molecule has 1 N–H and O–H groups in total. The number of nitrogens with zero attached hydrogens (tertiary/aromatic N) is 1. The zero-order valence-electron chi connectivity index (χ0n) is 8.39. The summed E-state index contributed by atoms with van der Waals surface area (Å²) in [7, 11) is 0. The van der Waals surface area contributed by atoms with E-state index in [2.05, 4.69) is 29.9 Å². The van der Waals surface area contributed by atoms with Crippen molar-refractivity contribution < 1.29 is 0 Å². The maximum Gasteiger partial charge on any atom is 0.0573 e. The van der Waals surface area contributed by atoms with Crippen molar-refractivity contribution in [2.45, 2.75) is 19.9 Å². The van der Waals surface area contributed by atoms with Crippen LogP contribution in [-0.4, -0.2) is 11.5 Å². The quantitative estimate of drug-likeness (QED) is 0.808. The fraction of sp³-hybridized carbons (Fsp3) is 0.364. The summed E-state index contributed by atoms with van der Waals surface area (Å²) < 4.78 is 0. The molecule has 0 aliphatic rings. The molecular weight excluding hydrogens is 196 g/mol. The predicted octanol–water partition coefficient (Wildman–Crippen LogP) is 2.49. The SMILES string of the molecule is C=C(Cl)CNCc1ncccc1CC. The molecule has 0 amide bonds. The summed E-state index contributed by atoms with van der Waals surface area (Å²) in [6.07, 6.45) is 2.82. The highest BCUT2D eigenvalue weighted by atomic mass is 35.5. The van der Waals surface area contributed by atoms with Crippen LogP contribution in [0.2, 0.25) is 0 Å². The highest BCUT2D eigenvalue weighted by Gasteiger charge is 2.00. The van der Waals surface area contributed by atoms with Gasteiger partial charge >= 0.3 is 0 Å². The maximum atomic E-state index is 5.64. The molecule has 0 saturated carbocycles. The largest absolute Gasteiger partial charge is 0.306 e. The Morgan fingerprint density at radius 3 is 3.07 bits per heavy atom. The molecule has 1 rings (SSSR count). The Bertz CT molecular complexity index is 310. The molecule has 0 radical (unpaired) electrons. The number of pyridine rings is 1. The van der Waals surface area contributed by atoms with Gasteiger partial charge in [-0.3, -0.25) is 4.98 Å². The van der Waals surface area contributed by atoms with Crippen molar-refractivity contribution in [2.24, 2.45) is 0 Å². The lowest BCUT2D eigenvalue weighted by Gasteiger charge is -2.06. The van der Waals surface area contributed by atoms with E-state index in [0.717, 1.165) is 18.7 Å². The van der Waals surface area contributed by atoms with Gasteiger partial charge < -0.3 is 5.32 Å². The van der Waals surface area contributed by atoms with Crippen molar-refractivity contribution >= 4 is 11.6 Å². The molecule has 0 saturated heterocycles. The average Bonchev–Trinajstić information content (AvgIpc) is 2.18. The Balaban J connectivity index is 2.53. The fourth-order valence-electron chi connectivity index (χ4n) is 1.27. The second kappa shape index (κ2) is 5.78. The van der Waals surface area contributed by atoms with E-state index in [9.17, 15) is 0 Å². The molecule has 0 unspecified atom stereocenters. The van der Waals surface area contributed by atoms with Gasteiger partial charge in [0.1, 0.15) is 0 Å². The molecule has 76 valence electrons.